The SMILES string of the molecule is COc1ccsc1C(=O)N1CCC[C@H](C)[C@H]1CN. The van der Waals surface area contributed by atoms with Crippen LogP contribution >= 0.6 is 11.3 Å². The predicted molar refractivity (Wildman–Crippen MR) is 73.1 cm³/mol. The van der Waals surface area contributed by atoms with E-state index in [0.29, 0.717) is 23.1 Å². The van der Waals surface area contributed by atoms with Gasteiger partial charge in [0, 0.05) is 19.1 Å². The van der Waals surface area contributed by atoms with Gasteiger partial charge in [0.25, 0.3) is 5.91 Å². The Labute approximate surface area is 112 Å². The third kappa shape index (κ3) is 2.37. The quantitative estimate of drug-likeness (QED) is 0.911. The lowest BCUT2D eigenvalue weighted by molar-refractivity contribution is 0.0534. The van der Waals surface area contributed by atoms with Crippen LogP contribution in [0.3, 0.4) is 0 Å². The molecule has 1 aromatic heterocycles. The molecule has 1 amide bonds. The van der Waals surface area contributed by atoms with E-state index in [1.807, 2.05) is 16.3 Å². The monoisotopic (exact) mass is 268 g/mol. The average molecular weight is 268 g/mol. The predicted octanol–water partition coefficient (Wildman–Crippen LogP) is 1.96. The second kappa shape index (κ2) is 5.71. The lowest BCUT2D eigenvalue weighted by atomic mass is 9.90. The fraction of sp³-hybridized carbons (Fsp3) is 0.615. The Morgan fingerprint density at radius 1 is 1.67 bits per heavy atom. The van der Waals surface area contributed by atoms with Crippen LogP contribution in [0.1, 0.15) is 29.4 Å². The Morgan fingerprint density at radius 3 is 3.11 bits per heavy atom. The topological polar surface area (TPSA) is 55.6 Å². The van der Waals surface area contributed by atoms with Crippen molar-refractivity contribution in [2.45, 2.75) is 25.8 Å². The van der Waals surface area contributed by atoms with Crippen LogP contribution in [0.5, 0.6) is 5.75 Å². The Morgan fingerprint density at radius 2 is 2.44 bits per heavy atom. The Bertz CT molecular complexity index is 419. The summed E-state index contributed by atoms with van der Waals surface area (Å²) in [4.78, 5) is 15.2. The van der Waals surface area contributed by atoms with Crippen LogP contribution in [0, 0.1) is 5.92 Å². The highest BCUT2D eigenvalue weighted by Gasteiger charge is 2.32. The van der Waals surface area contributed by atoms with Crippen LogP contribution in [0.25, 0.3) is 0 Å². The fourth-order valence-electron chi connectivity index (χ4n) is 2.61. The number of ether oxygens (including phenoxy) is 1. The van der Waals surface area contributed by atoms with Crippen LogP contribution in [0.15, 0.2) is 11.4 Å². The van der Waals surface area contributed by atoms with Gasteiger partial charge in [0.2, 0.25) is 0 Å². The van der Waals surface area contributed by atoms with E-state index in [-0.39, 0.29) is 11.9 Å². The molecule has 2 heterocycles. The molecule has 2 N–H and O–H groups in total. The zero-order valence-electron chi connectivity index (χ0n) is 10.9. The molecular weight excluding hydrogens is 248 g/mol. The van der Waals surface area contributed by atoms with Crippen molar-refractivity contribution in [1.29, 1.82) is 0 Å². The maximum atomic E-state index is 12.6. The second-order valence-electron chi connectivity index (χ2n) is 4.74. The Kier molecular flexibility index (Phi) is 4.24. The van der Waals surface area contributed by atoms with Crippen molar-refractivity contribution in [3.8, 4) is 5.75 Å². The molecule has 1 aromatic rings. The van der Waals surface area contributed by atoms with Crippen molar-refractivity contribution >= 4 is 17.2 Å². The molecule has 18 heavy (non-hydrogen) atoms. The first-order chi connectivity index (χ1) is 8.69. The molecule has 1 aliphatic heterocycles. The molecule has 100 valence electrons. The van der Waals surface area contributed by atoms with Gasteiger partial charge in [-0.05, 0) is 30.2 Å². The number of hydrogen-bond donors (Lipinski definition) is 1. The van der Waals surface area contributed by atoms with Crippen molar-refractivity contribution in [3.63, 3.8) is 0 Å². The second-order valence-corrected chi connectivity index (χ2v) is 5.66. The summed E-state index contributed by atoms with van der Waals surface area (Å²) in [7, 11) is 1.60. The Hall–Kier alpha value is -1.07. The number of likely N-dealkylation sites (tertiary alicyclic amines) is 1. The van der Waals surface area contributed by atoms with Crippen molar-refractivity contribution in [2.75, 3.05) is 20.2 Å². The number of piperidine rings is 1. The fourth-order valence-corrected chi connectivity index (χ4v) is 3.42. The summed E-state index contributed by atoms with van der Waals surface area (Å²) in [6.45, 7) is 3.50. The van der Waals surface area contributed by atoms with Gasteiger partial charge in [-0.3, -0.25) is 4.79 Å². The summed E-state index contributed by atoms with van der Waals surface area (Å²) in [5.74, 6) is 1.20. The van der Waals surface area contributed by atoms with Crippen LogP contribution < -0.4 is 10.5 Å². The lowest BCUT2D eigenvalue weighted by Crippen LogP contribution is -2.51. The van der Waals surface area contributed by atoms with Crippen LogP contribution in [0.2, 0.25) is 0 Å². The van der Waals surface area contributed by atoms with Crippen LogP contribution in [-0.4, -0.2) is 37.0 Å². The van der Waals surface area contributed by atoms with Gasteiger partial charge in [-0.1, -0.05) is 6.92 Å². The standard InChI is InChI=1S/C13H20N2O2S/c1-9-4-3-6-15(10(9)8-14)13(16)12-11(17-2)5-7-18-12/h5,7,9-10H,3-4,6,8,14H2,1-2H3/t9-,10+/m0/s1. The van der Waals surface area contributed by atoms with E-state index in [9.17, 15) is 4.79 Å². The number of nitrogens with zero attached hydrogens (tertiary/aromatic N) is 1. The summed E-state index contributed by atoms with van der Waals surface area (Å²) >= 11 is 1.43. The minimum atomic E-state index is 0.0591. The lowest BCUT2D eigenvalue weighted by Gasteiger charge is -2.39. The smallest absolute Gasteiger partial charge is 0.268 e. The van der Waals surface area contributed by atoms with Crippen molar-refractivity contribution in [2.24, 2.45) is 11.7 Å². The molecule has 0 bridgehead atoms. The number of rotatable bonds is 3. The normalized spacial score (nSPS) is 24.1. The minimum Gasteiger partial charge on any atom is -0.495 e. The molecule has 1 fully saturated rings. The van der Waals surface area contributed by atoms with E-state index in [2.05, 4.69) is 6.92 Å². The van der Waals surface area contributed by atoms with E-state index in [4.69, 9.17) is 10.5 Å². The van der Waals surface area contributed by atoms with Crippen molar-refractivity contribution in [1.82, 2.24) is 4.90 Å². The average Bonchev–Trinajstić information content (AvgIpc) is 2.85. The van der Waals surface area contributed by atoms with Gasteiger partial charge < -0.3 is 15.4 Å². The van der Waals surface area contributed by atoms with Crippen LogP contribution in [-0.2, 0) is 0 Å². The highest BCUT2D eigenvalue weighted by Crippen LogP contribution is 2.30. The van der Waals surface area contributed by atoms with Gasteiger partial charge in [-0.2, -0.15) is 0 Å². The summed E-state index contributed by atoms with van der Waals surface area (Å²) in [5.41, 5.74) is 5.82. The van der Waals surface area contributed by atoms with E-state index >= 15 is 0 Å². The molecule has 1 aliphatic rings. The number of carbonyl (C=O) groups excluding carboxylic acids is 1. The highest BCUT2D eigenvalue weighted by atomic mass is 32.1. The van der Waals surface area contributed by atoms with Crippen molar-refractivity contribution in [3.05, 3.63) is 16.3 Å². The number of nitrogens with two attached hydrogens (primary N) is 1. The molecular formula is C13H20N2O2S. The number of hydrogen-bond acceptors (Lipinski definition) is 4. The minimum absolute atomic E-state index is 0.0591. The molecule has 2 atom stereocenters. The van der Waals surface area contributed by atoms with E-state index in [1.165, 1.54) is 11.3 Å². The van der Waals surface area contributed by atoms with Gasteiger partial charge >= 0.3 is 0 Å². The summed E-state index contributed by atoms with van der Waals surface area (Å²) in [6, 6.07) is 1.99. The van der Waals surface area contributed by atoms with Gasteiger partial charge in [0.15, 0.2) is 0 Å². The third-order valence-corrected chi connectivity index (χ3v) is 4.54. The molecule has 1 saturated heterocycles. The highest BCUT2D eigenvalue weighted by molar-refractivity contribution is 7.12. The number of methoxy groups -OCH3 is 1. The molecule has 4 nitrogen and oxygen atoms in total. The number of carbonyl (C=O) groups is 1. The van der Waals surface area contributed by atoms with Gasteiger partial charge in [-0.15, -0.1) is 11.3 Å². The number of amides is 1. The molecule has 2 rings (SSSR count). The first-order valence-electron chi connectivity index (χ1n) is 6.31. The maximum absolute atomic E-state index is 12.6. The first kappa shape index (κ1) is 13.4. The van der Waals surface area contributed by atoms with Gasteiger partial charge in [0.05, 0.1) is 7.11 Å². The first-order valence-corrected chi connectivity index (χ1v) is 7.19. The number of thiophene rings is 1. The summed E-state index contributed by atoms with van der Waals surface area (Å²) < 4.78 is 5.22. The Balaban J connectivity index is 2.21. The van der Waals surface area contributed by atoms with Gasteiger partial charge in [0.1, 0.15) is 10.6 Å². The van der Waals surface area contributed by atoms with Crippen LogP contribution in [0.4, 0.5) is 0 Å². The molecule has 0 unspecified atom stereocenters. The van der Waals surface area contributed by atoms with Crippen molar-refractivity contribution < 1.29 is 9.53 Å². The third-order valence-electron chi connectivity index (χ3n) is 3.66. The summed E-state index contributed by atoms with van der Waals surface area (Å²) in [5, 5.41) is 1.89. The summed E-state index contributed by atoms with van der Waals surface area (Å²) in [6.07, 6.45) is 2.20. The molecule has 0 aromatic carbocycles. The van der Waals surface area contributed by atoms with E-state index in [1.54, 1.807) is 7.11 Å². The zero-order chi connectivity index (χ0) is 13.1. The maximum Gasteiger partial charge on any atom is 0.268 e. The zero-order valence-corrected chi connectivity index (χ0v) is 11.7. The van der Waals surface area contributed by atoms with E-state index in [0.717, 1.165) is 19.4 Å². The van der Waals surface area contributed by atoms with Gasteiger partial charge in [-0.25, -0.2) is 0 Å². The molecule has 0 spiro atoms. The molecule has 0 aliphatic carbocycles. The molecule has 0 radical (unpaired) electrons. The largest absolute Gasteiger partial charge is 0.495 e. The van der Waals surface area contributed by atoms with E-state index < -0.39 is 0 Å². The molecule has 5 heteroatoms. The molecule has 0 saturated carbocycles.